The van der Waals surface area contributed by atoms with Crippen molar-refractivity contribution in [2.45, 2.75) is 45.1 Å². The Morgan fingerprint density at radius 3 is 2.63 bits per heavy atom. The van der Waals surface area contributed by atoms with E-state index < -0.39 is 25.6 Å². The van der Waals surface area contributed by atoms with Crippen LogP contribution in [0.2, 0.25) is 25.7 Å². The van der Waals surface area contributed by atoms with Crippen molar-refractivity contribution in [1.29, 1.82) is 0 Å². The maximum Gasteiger partial charge on any atom is 0.352 e. The summed E-state index contributed by atoms with van der Waals surface area (Å²) in [5, 5.41) is 7.89. The molecule has 1 amide bonds. The van der Waals surface area contributed by atoms with Gasteiger partial charge in [-0.15, -0.1) is 22.9 Å². The zero-order chi connectivity index (χ0) is 20.7. The second-order valence-electron chi connectivity index (χ2n) is 7.31. The van der Waals surface area contributed by atoms with Gasteiger partial charge in [0.25, 0.3) is 6.29 Å². The minimum absolute atomic E-state index is 0.155. The predicted molar refractivity (Wildman–Crippen MR) is 108 cm³/mol. The smallest absolute Gasteiger partial charge is 0.352 e. The van der Waals surface area contributed by atoms with Gasteiger partial charge in [-0.2, -0.15) is 0 Å². The number of esters is 1. The maximum atomic E-state index is 12.2. The Morgan fingerprint density at radius 2 is 2.07 bits per heavy atom. The molecule has 1 rings (SSSR count). The van der Waals surface area contributed by atoms with Crippen LogP contribution in [0, 0.1) is 0 Å². The Hall–Kier alpha value is -1.78. The van der Waals surface area contributed by atoms with Crippen molar-refractivity contribution in [2.75, 3.05) is 17.8 Å². The lowest BCUT2D eigenvalue weighted by Crippen LogP contribution is -2.36. The van der Waals surface area contributed by atoms with Crippen LogP contribution < -0.4 is 5.32 Å². The molecule has 1 aromatic heterocycles. The number of nitrogens with zero attached hydrogens (tertiary/aromatic N) is 2. The highest BCUT2D eigenvalue weighted by Gasteiger charge is 2.33. The number of aromatic nitrogens is 1. The number of carbonyl (C=O) groups excluding carboxylic acids is 3. The average molecular weight is 433 g/mol. The van der Waals surface area contributed by atoms with Gasteiger partial charge in [0.05, 0.1) is 6.61 Å². The number of nitrogens with one attached hydrogen (secondary N) is 1. The Kier molecular flexibility index (Phi) is 8.57. The van der Waals surface area contributed by atoms with Gasteiger partial charge in [0.1, 0.15) is 11.6 Å². The standard InChI is InChI=1S/C16H23ClN3O5SSi/c1-16(2,14(23)24-6-7-27(3,4)5)25-20-11(9-21)12-10-26-15(18-12)19-13(22)8-17/h10H,6-8H2,1-5H3,(H,18,19,22)/b20-11-. The summed E-state index contributed by atoms with van der Waals surface area (Å²) >= 11 is 6.49. The second kappa shape index (κ2) is 9.95. The van der Waals surface area contributed by atoms with Crippen LogP contribution in [0.1, 0.15) is 19.5 Å². The van der Waals surface area contributed by atoms with Crippen molar-refractivity contribution in [3.63, 3.8) is 0 Å². The molecule has 8 nitrogen and oxygen atoms in total. The van der Waals surface area contributed by atoms with Crippen molar-refractivity contribution in [1.82, 2.24) is 4.98 Å². The quantitative estimate of drug-likeness (QED) is 0.200. The van der Waals surface area contributed by atoms with Gasteiger partial charge >= 0.3 is 5.97 Å². The molecule has 0 aliphatic rings. The molecule has 0 bridgehead atoms. The zero-order valence-corrected chi connectivity index (χ0v) is 18.5. The SMILES string of the molecule is CC(C)(O/N=C(/[C]=O)c1csc(NC(=O)CCl)n1)C(=O)OCC[Si](C)(C)C. The molecule has 1 aromatic rings. The first-order valence-electron chi connectivity index (χ1n) is 8.12. The van der Waals surface area contributed by atoms with Crippen LogP contribution >= 0.6 is 22.9 Å². The molecule has 27 heavy (non-hydrogen) atoms. The Labute approximate surface area is 168 Å². The van der Waals surface area contributed by atoms with E-state index >= 15 is 0 Å². The third kappa shape index (κ3) is 8.18. The number of amides is 1. The molecule has 149 valence electrons. The molecule has 0 aliphatic carbocycles. The number of hydrogen-bond donors (Lipinski definition) is 1. The van der Waals surface area contributed by atoms with Crippen molar-refractivity contribution in [3.8, 4) is 0 Å². The summed E-state index contributed by atoms with van der Waals surface area (Å²) in [4.78, 5) is 43.8. The molecule has 0 spiro atoms. The van der Waals surface area contributed by atoms with E-state index in [1.165, 1.54) is 19.2 Å². The van der Waals surface area contributed by atoms with Crippen molar-refractivity contribution >= 4 is 60.0 Å². The van der Waals surface area contributed by atoms with Gasteiger partial charge in [0.15, 0.2) is 10.8 Å². The Balaban J connectivity index is 2.74. The number of thiazole rings is 1. The van der Waals surface area contributed by atoms with Gasteiger partial charge < -0.3 is 14.9 Å². The first-order valence-corrected chi connectivity index (χ1v) is 13.2. The molecule has 1 N–H and O–H groups in total. The largest absolute Gasteiger partial charge is 0.463 e. The van der Waals surface area contributed by atoms with Crippen LogP contribution in [0.5, 0.6) is 0 Å². The van der Waals surface area contributed by atoms with Crippen LogP contribution in [0.3, 0.4) is 0 Å². The van der Waals surface area contributed by atoms with Crippen molar-refractivity contribution in [2.24, 2.45) is 5.16 Å². The van der Waals surface area contributed by atoms with Crippen LogP contribution in [0.25, 0.3) is 0 Å². The molecule has 0 atom stereocenters. The number of oxime groups is 1. The molecule has 11 heteroatoms. The molecule has 0 saturated heterocycles. The molecule has 0 aromatic carbocycles. The minimum atomic E-state index is -1.38. The third-order valence-electron chi connectivity index (χ3n) is 3.15. The fourth-order valence-electron chi connectivity index (χ4n) is 1.53. The van der Waals surface area contributed by atoms with Gasteiger partial charge in [-0.3, -0.25) is 9.59 Å². The highest BCUT2D eigenvalue weighted by molar-refractivity contribution is 7.14. The number of rotatable bonds is 10. The molecule has 0 fully saturated rings. The summed E-state index contributed by atoms with van der Waals surface area (Å²) in [6.45, 7) is 9.82. The summed E-state index contributed by atoms with van der Waals surface area (Å²) in [6, 6.07) is 0.834. The van der Waals surface area contributed by atoms with Crippen molar-refractivity contribution in [3.05, 3.63) is 11.1 Å². The number of carbonyl (C=O) groups is 2. The van der Waals surface area contributed by atoms with Gasteiger partial charge in [0, 0.05) is 13.5 Å². The minimum Gasteiger partial charge on any atom is -0.463 e. The van der Waals surface area contributed by atoms with E-state index in [-0.39, 0.29) is 22.4 Å². The molecule has 1 radical (unpaired) electrons. The third-order valence-corrected chi connectivity index (χ3v) is 5.86. The van der Waals surface area contributed by atoms with E-state index in [0.717, 1.165) is 17.4 Å². The van der Waals surface area contributed by atoms with E-state index in [1.54, 1.807) is 6.29 Å². The van der Waals surface area contributed by atoms with Gasteiger partial charge in [-0.25, -0.2) is 9.78 Å². The topological polar surface area (TPSA) is 107 Å². The molecule has 0 unspecified atom stereocenters. The molecule has 1 heterocycles. The number of anilines is 1. The fraction of sp³-hybridized carbons (Fsp3) is 0.562. The number of alkyl halides is 1. The second-order valence-corrected chi connectivity index (χ2v) is 14.1. The summed E-state index contributed by atoms with van der Waals surface area (Å²) in [5.41, 5.74) is -1.46. The lowest BCUT2D eigenvalue weighted by molar-refractivity contribution is -0.167. The predicted octanol–water partition coefficient (Wildman–Crippen LogP) is 2.81. The van der Waals surface area contributed by atoms with Crippen LogP contribution in [-0.2, 0) is 24.0 Å². The summed E-state index contributed by atoms with van der Waals surface area (Å²) in [6.07, 6.45) is 1.61. The first kappa shape index (κ1) is 23.3. The fourth-order valence-corrected chi connectivity index (χ4v) is 3.02. The monoisotopic (exact) mass is 432 g/mol. The highest BCUT2D eigenvalue weighted by Crippen LogP contribution is 2.18. The van der Waals surface area contributed by atoms with Gasteiger partial charge in [0.2, 0.25) is 11.5 Å². The van der Waals surface area contributed by atoms with E-state index in [2.05, 4.69) is 35.1 Å². The Bertz CT molecular complexity index is 715. The van der Waals surface area contributed by atoms with E-state index in [0.29, 0.717) is 6.61 Å². The van der Waals surface area contributed by atoms with Crippen LogP contribution in [-0.4, -0.2) is 55.0 Å². The van der Waals surface area contributed by atoms with Crippen molar-refractivity contribution < 1.29 is 24.0 Å². The summed E-state index contributed by atoms with van der Waals surface area (Å²) in [7, 11) is -1.32. The lowest BCUT2D eigenvalue weighted by atomic mass is 10.1. The lowest BCUT2D eigenvalue weighted by Gasteiger charge is -2.22. The number of ether oxygens (including phenoxy) is 1. The molecular formula is C16H23ClN3O5SSi. The van der Waals surface area contributed by atoms with E-state index in [1.807, 2.05) is 0 Å². The van der Waals surface area contributed by atoms with Gasteiger partial charge in [-0.05, 0) is 19.9 Å². The maximum absolute atomic E-state index is 12.2. The molecule has 0 saturated carbocycles. The summed E-state index contributed by atoms with van der Waals surface area (Å²) < 4.78 is 5.24. The average Bonchev–Trinajstić information content (AvgIpc) is 3.02. The highest BCUT2D eigenvalue weighted by atomic mass is 35.5. The van der Waals surface area contributed by atoms with Gasteiger partial charge in [-0.1, -0.05) is 24.8 Å². The zero-order valence-electron chi connectivity index (χ0n) is 15.9. The first-order chi connectivity index (χ1) is 12.5. The van der Waals surface area contributed by atoms with E-state index in [4.69, 9.17) is 21.2 Å². The number of halogens is 1. The normalized spacial score (nSPS) is 12.4. The van der Waals surface area contributed by atoms with Crippen LogP contribution in [0.4, 0.5) is 5.13 Å². The molecular weight excluding hydrogens is 410 g/mol. The Morgan fingerprint density at radius 1 is 1.41 bits per heavy atom. The van der Waals surface area contributed by atoms with Crippen LogP contribution in [0.15, 0.2) is 10.5 Å². The number of hydrogen-bond acceptors (Lipinski definition) is 8. The molecule has 0 aliphatic heterocycles. The van der Waals surface area contributed by atoms with E-state index in [9.17, 15) is 14.4 Å². The summed E-state index contributed by atoms with van der Waals surface area (Å²) in [5.74, 6) is -1.22.